The van der Waals surface area contributed by atoms with Gasteiger partial charge in [0.2, 0.25) is 15.8 Å². The summed E-state index contributed by atoms with van der Waals surface area (Å²) in [7, 11) is -2.76. The average Bonchev–Trinajstić information content (AvgIpc) is 3.25. The van der Waals surface area contributed by atoms with Crippen LogP contribution in [0.1, 0.15) is 77.2 Å². The van der Waals surface area contributed by atoms with E-state index >= 15 is 8.42 Å². The highest BCUT2D eigenvalue weighted by atomic mass is 32.2. The van der Waals surface area contributed by atoms with E-state index in [-0.39, 0.29) is 60.3 Å². The number of ether oxygens (including phenoxy) is 3. The summed E-state index contributed by atoms with van der Waals surface area (Å²) in [6.45, 7) is 9.78. The van der Waals surface area contributed by atoms with Crippen molar-refractivity contribution in [2.24, 2.45) is 22.9 Å². The monoisotopic (exact) mass is 868 g/mol. The molecule has 2 N–H and O–H groups in total. The lowest BCUT2D eigenvalue weighted by molar-refractivity contribution is -0.384. The number of fused-ring (bicyclic) bond motifs is 3. The predicted octanol–water partition coefficient (Wildman–Crippen LogP) is 8.69. The highest BCUT2D eigenvalue weighted by Gasteiger charge is 2.66. The van der Waals surface area contributed by atoms with Gasteiger partial charge in [0.05, 0.1) is 40.8 Å². The topological polar surface area (TPSA) is 183 Å². The summed E-state index contributed by atoms with van der Waals surface area (Å²) in [6, 6.07) is 19.0. The molecule has 0 bridgehead atoms. The summed E-state index contributed by atoms with van der Waals surface area (Å²) in [6.07, 6.45) is 9.61. The van der Waals surface area contributed by atoms with Crippen LogP contribution in [0.5, 0.6) is 17.2 Å². The molecule has 6 atom stereocenters. The second kappa shape index (κ2) is 18.7. The van der Waals surface area contributed by atoms with Crippen LogP contribution in [-0.4, -0.2) is 82.9 Å². The lowest BCUT2D eigenvalue weighted by Gasteiger charge is -2.59. The molecule has 3 aliphatic rings. The molecule has 4 aromatic rings. The lowest BCUT2D eigenvalue weighted by Crippen LogP contribution is -2.69. The highest BCUT2D eigenvalue weighted by Crippen LogP contribution is 2.62. The smallest absolute Gasteiger partial charge is 0.273 e. The van der Waals surface area contributed by atoms with E-state index < -0.39 is 38.3 Å². The molecule has 7 rings (SSSR count). The summed E-state index contributed by atoms with van der Waals surface area (Å²) in [5.74, 6) is -1.59. The van der Waals surface area contributed by atoms with Crippen LogP contribution in [0.15, 0.2) is 113 Å². The van der Waals surface area contributed by atoms with Crippen molar-refractivity contribution in [3.63, 3.8) is 0 Å². The van der Waals surface area contributed by atoms with Gasteiger partial charge < -0.3 is 29.3 Å². The van der Waals surface area contributed by atoms with E-state index in [2.05, 4.69) is 17.6 Å². The summed E-state index contributed by atoms with van der Waals surface area (Å²) in [5, 5.41) is 37.0. The van der Waals surface area contributed by atoms with E-state index in [1.165, 1.54) is 16.4 Å². The maximum absolute atomic E-state index is 15.1. The Kier molecular flexibility index (Phi) is 13.5. The number of aliphatic hydroxyl groups is 2. The molecule has 62 heavy (non-hydrogen) atoms. The van der Waals surface area contributed by atoms with Crippen LogP contribution in [-0.2, 0) is 19.6 Å². The fraction of sp³-hybridized carbons (Fsp3) is 0.447. The Bertz CT molecular complexity index is 2450. The van der Waals surface area contributed by atoms with Gasteiger partial charge in [-0.3, -0.25) is 15.1 Å². The first-order valence-corrected chi connectivity index (χ1v) is 22.7. The zero-order valence-corrected chi connectivity index (χ0v) is 36.5. The van der Waals surface area contributed by atoms with E-state index in [0.29, 0.717) is 53.8 Å². The number of nitro benzene ring substituents is 1. The first-order chi connectivity index (χ1) is 29.7. The van der Waals surface area contributed by atoms with Gasteiger partial charge >= 0.3 is 0 Å². The van der Waals surface area contributed by atoms with Crippen LogP contribution >= 0.6 is 0 Å². The van der Waals surface area contributed by atoms with Crippen molar-refractivity contribution in [1.29, 1.82) is 0 Å². The fourth-order valence-corrected chi connectivity index (χ4v) is 10.9. The van der Waals surface area contributed by atoms with Crippen molar-refractivity contribution in [2.45, 2.75) is 94.0 Å². The van der Waals surface area contributed by atoms with Gasteiger partial charge in [-0.2, -0.15) is 4.31 Å². The van der Waals surface area contributed by atoms with Crippen LogP contribution in [0.2, 0.25) is 0 Å². The first-order valence-electron chi connectivity index (χ1n) is 21.2. The summed E-state index contributed by atoms with van der Waals surface area (Å²) in [5.41, 5.74) is 1.72. The van der Waals surface area contributed by atoms with Crippen molar-refractivity contribution in [3.05, 3.63) is 119 Å². The number of aliphatic hydroxyl groups excluding tert-OH is 2. The normalized spacial score (nSPS) is 23.9. The third-order valence-electron chi connectivity index (χ3n) is 12.0. The average molecular weight is 869 g/mol. The summed E-state index contributed by atoms with van der Waals surface area (Å²) >= 11 is 0. The van der Waals surface area contributed by atoms with Crippen LogP contribution in [0.4, 0.5) is 5.69 Å². The Labute approximate surface area is 363 Å². The molecule has 0 radical (unpaired) electrons. The number of benzene rings is 3. The van der Waals surface area contributed by atoms with Crippen LogP contribution < -0.4 is 9.47 Å². The van der Waals surface area contributed by atoms with Crippen LogP contribution in [0.25, 0.3) is 10.9 Å². The van der Waals surface area contributed by atoms with Crippen molar-refractivity contribution in [3.8, 4) is 17.2 Å². The Balaban J connectivity index is 1.47. The number of likely N-dealkylation sites (N-methyl/N-ethyl adjacent to an activating group) is 1. The number of sulfonamides is 1. The molecule has 0 saturated heterocycles. The van der Waals surface area contributed by atoms with Gasteiger partial charge in [-0.1, -0.05) is 54.4 Å². The molecule has 0 amide bonds. The molecule has 2 heterocycles. The third-order valence-corrected chi connectivity index (χ3v) is 13.9. The van der Waals surface area contributed by atoms with E-state index in [9.17, 15) is 20.3 Å². The number of allylic oxidation sites excluding steroid dienone is 1. The number of para-hydroxylation sites is 1. The largest absolute Gasteiger partial charge is 0.460 e. The minimum absolute atomic E-state index is 0.0269. The van der Waals surface area contributed by atoms with E-state index in [1.54, 1.807) is 61.8 Å². The number of nitrogens with zero attached hydrogens (tertiary/aromatic N) is 4. The Morgan fingerprint density at radius 3 is 2.47 bits per heavy atom. The molecule has 330 valence electrons. The fourth-order valence-electron chi connectivity index (χ4n) is 9.36. The van der Waals surface area contributed by atoms with Gasteiger partial charge in [-0.25, -0.2) is 8.42 Å². The first kappa shape index (κ1) is 44.9. The standard InChI is InChI=1S/C47H56N4O10S/c1-6-26-58-47-42(50(5)62(56,57)41-20-11-15-31-16-13-23-48-45(31)41)30-39(49-61-46(2,3)4)37-27-32(14-7-9-24-52)36(19-8-10-25-53)43(44(37)47)38-29-35(21-22-40(38)60-47)59-34-18-12-17-33(28-34)51(54)55/h6,11-13,15-18,20-23,27-29,32,36,42-44,52-53H,1,7-10,14,19,24-26,30H2,2-5H3. The minimum Gasteiger partial charge on any atom is -0.460 e. The van der Waals surface area contributed by atoms with E-state index in [4.69, 9.17) is 24.2 Å². The number of oxime groups is 1. The van der Waals surface area contributed by atoms with E-state index in [1.807, 2.05) is 39.0 Å². The number of pyridine rings is 1. The molecule has 1 fully saturated rings. The number of unbranched alkanes of at least 4 members (excludes halogenated alkanes) is 2. The maximum Gasteiger partial charge on any atom is 0.273 e. The van der Waals surface area contributed by atoms with Crippen molar-refractivity contribution >= 4 is 32.3 Å². The molecule has 1 aliphatic heterocycles. The maximum atomic E-state index is 15.1. The second-order valence-electron chi connectivity index (χ2n) is 17.2. The number of non-ortho nitro benzene ring substituents is 1. The van der Waals surface area contributed by atoms with Gasteiger partial charge in [0.15, 0.2) is 0 Å². The van der Waals surface area contributed by atoms with Gasteiger partial charge in [-0.05, 0) is 100 Å². The zero-order valence-electron chi connectivity index (χ0n) is 35.7. The number of hydrogen-bond acceptors (Lipinski definition) is 12. The van der Waals surface area contributed by atoms with Crippen LogP contribution in [0.3, 0.4) is 0 Å². The van der Waals surface area contributed by atoms with Crippen molar-refractivity contribution < 1.29 is 42.6 Å². The molecule has 6 unspecified atom stereocenters. The van der Waals surface area contributed by atoms with Gasteiger partial charge in [0.25, 0.3) is 5.69 Å². The van der Waals surface area contributed by atoms with Gasteiger partial charge in [-0.15, -0.1) is 6.58 Å². The molecule has 14 nitrogen and oxygen atoms in total. The molecule has 15 heteroatoms. The number of hydrogen-bond donors (Lipinski definition) is 2. The molecule has 1 aromatic heterocycles. The molecule has 3 aromatic carbocycles. The quantitative estimate of drug-likeness (QED) is 0.0422. The molecule has 1 saturated carbocycles. The van der Waals surface area contributed by atoms with Gasteiger partial charge in [0.1, 0.15) is 27.7 Å². The SMILES string of the molecule is C=CCOC12Oc3ccc(Oc4cccc([N+](=O)[O-])c4)cc3C3C(CCCCO)C(CCCCO)C=C(C(=NOC(C)(C)C)CC1N(C)S(=O)(=O)c1cccc4cccnc14)C32. The second-order valence-corrected chi connectivity index (χ2v) is 19.2. The van der Waals surface area contributed by atoms with Crippen molar-refractivity contribution in [2.75, 3.05) is 26.9 Å². The third kappa shape index (κ3) is 9.00. The van der Waals surface area contributed by atoms with E-state index in [0.717, 1.165) is 24.0 Å². The molecule has 2 aliphatic carbocycles. The highest BCUT2D eigenvalue weighted by molar-refractivity contribution is 7.89. The predicted molar refractivity (Wildman–Crippen MR) is 236 cm³/mol. The Hall–Kier alpha value is -5.19. The number of rotatable bonds is 18. The molecule has 0 spiro atoms. The number of nitro groups is 1. The summed E-state index contributed by atoms with van der Waals surface area (Å²) < 4.78 is 52.1. The Morgan fingerprint density at radius 1 is 1.02 bits per heavy atom. The number of aromatic nitrogens is 1. The molecular formula is C47H56N4O10S. The Morgan fingerprint density at radius 2 is 1.74 bits per heavy atom. The van der Waals surface area contributed by atoms with Gasteiger partial charge in [0, 0.05) is 55.8 Å². The van der Waals surface area contributed by atoms with Crippen molar-refractivity contribution in [1.82, 2.24) is 9.29 Å². The molecular weight excluding hydrogens is 813 g/mol. The zero-order chi connectivity index (χ0) is 44.2. The lowest BCUT2D eigenvalue weighted by atomic mass is 9.55. The summed E-state index contributed by atoms with van der Waals surface area (Å²) in [4.78, 5) is 21.9. The van der Waals surface area contributed by atoms with Crippen LogP contribution in [0, 0.1) is 27.9 Å². The minimum atomic E-state index is -4.30.